The fourth-order valence-electron chi connectivity index (χ4n) is 1.02. The van der Waals surface area contributed by atoms with Crippen LogP contribution in [0.15, 0.2) is 13.6 Å². The van der Waals surface area contributed by atoms with Crippen molar-refractivity contribution >= 4 is 59.1 Å². The summed E-state index contributed by atoms with van der Waals surface area (Å²) in [5, 5.41) is 0. The molecule has 1 aromatic heterocycles. The first-order valence-corrected chi connectivity index (χ1v) is 6.46. The fraction of sp³-hybridized carbons (Fsp3) is 0.429. The average molecular weight is 361 g/mol. The van der Waals surface area contributed by atoms with Crippen LogP contribution >= 0.6 is 59.1 Å². The maximum absolute atomic E-state index is 3.72. The van der Waals surface area contributed by atoms with E-state index in [0.717, 1.165) is 0 Å². The highest BCUT2D eigenvalue weighted by Crippen LogP contribution is 2.57. The highest BCUT2D eigenvalue weighted by atomic mass is 79.9. The molecule has 11 heavy (non-hydrogen) atoms. The predicted octanol–water partition coefficient (Wildman–Crippen LogP) is 4.66. The standard InChI is InChI=1S/C7H5Br3S/c8-5-3-4(6(9)11-5)7(10)1-2-7/h3H,1-2H2. The minimum Gasteiger partial charge on any atom is -0.121 e. The molecule has 0 atom stereocenters. The van der Waals surface area contributed by atoms with Gasteiger partial charge in [0.1, 0.15) is 0 Å². The number of rotatable bonds is 1. The predicted molar refractivity (Wildman–Crippen MR) is 59.6 cm³/mol. The van der Waals surface area contributed by atoms with Crippen molar-refractivity contribution in [3.8, 4) is 0 Å². The fourth-order valence-corrected chi connectivity index (χ4v) is 5.03. The molecule has 4 heteroatoms. The van der Waals surface area contributed by atoms with Crippen molar-refractivity contribution in [2.75, 3.05) is 0 Å². The van der Waals surface area contributed by atoms with Crippen LogP contribution in [0, 0.1) is 0 Å². The lowest BCUT2D eigenvalue weighted by atomic mass is 10.2. The van der Waals surface area contributed by atoms with E-state index in [1.165, 1.54) is 26.0 Å². The Morgan fingerprint density at radius 2 is 2.00 bits per heavy atom. The molecule has 60 valence electrons. The summed E-state index contributed by atoms with van der Waals surface area (Å²) in [6.45, 7) is 0. The highest BCUT2D eigenvalue weighted by Gasteiger charge is 2.43. The topological polar surface area (TPSA) is 0 Å². The summed E-state index contributed by atoms with van der Waals surface area (Å²) >= 11 is 12.5. The quantitative estimate of drug-likeness (QED) is 0.639. The van der Waals surface area contributed by atoms with Crippen LogP contribution in [0.25, 0.3) is 0 Å². The Morgan fingerprint density at radius 3 is 2.36 bits per heavy atom. The van der Waals surface area contributed by atoms with E-state index in [4.69, 9.17) is 0 Å². The smallest absolute Gasteiger partial charge is 0.0756 e. The molecule has 0 amide bonds. The van der Waals surface area contributed by atoms with Crippen molar-refractivity contribution in [1.29, 1.82) is 0 Å². The summed E-state index contributed by atoms with van der Waals surface area (Å²) < 4.78 is 2.75. The monoisotopic (exact) mass is 358 g/mol. The Labute approximate surface area is 94.8 Å². The summed E-state index contributed by atoms with van der Waals surface area (Å²) in [6, 6.07) is 2.19. The van der Waals surface area contributed by atoms with Crippen LogP contribution in [0.2, 0.25) is 0 Å². The highest BCUT2D eigenvalue weighted by molar-refractivity contribution is 9.12. The van der Waals surface area contributed by atoms with Crippen molar-refractivity contribution in [2.45, 2.75) is 17.2 Å². The van der Waals surface area contributed by atoms with Gasteiger partial charge in [-0.2, -0.15) is 0 Å². The molecule has 0 N–H and O–H groups in total. The Balaban J connectivity index is 2.44. The van der Waals surface area contributed by atoms with Crippen molar-refractivity contribution in [3.63, 3.8) is 0 Å². The number of thiophene rings is 1. The molecule has 0 spiro atoms. The Hall–Kier alpha value is 1.14. The zero-order valence-electron chi connectivity index (χ0n) is 5.53. The van der Waals surface area contributed by atoms with Crippen LogP contribution in [-0.2, 0) is 4.32 Å². The maximum Gasteiger partial charge on any atom is 0.0756 e. The number of hydrogen-bond acceptors (Lipinski definition) is 1. The Morgan fingerprint density at radius 1 is 1.36 bits per heavy atom. The van der Waals surface area contributed by atoms with Gasteiger partial charge in [0.15, 0.2) is 0 Å². The van der Waals surface area contributed by atoms with Gasteiger partial charge in [0.2, 0.25) is 0 Å². The molecule has 1 saturated carbocycles. The zero-order chi connectivity index (χ0) is 8.06. The molecular formula is C7H5Br3S. The molecule has 1 heterocycles. The number of alkyl halides is 1. The first-order valence-electron chi connectivity index (χ1n) is 3.26. The Kier molecular flexibility index (Phi) is 2.24. The van der Waals surface area contributed by atoms with Crippen LogP contribution in [0.4, 0.5) is 0 Å². The SMILES string of the molecule is Brc1cc(C2(Br)CC2)c(Br)s1. The van der Waals surface area contributed by atoms with Crippen LogP contribution in [-0.4, -0.2) is 0 Å². The molecule has 0 radical (unpaired) electrons. The third kappa shape index (κ3) is 1.60. The van der Waals surface area contributed by atoms with E-state index in [-0.39, 0.29) is 0 Å². The number of hydrogen-bond donors (Lipinski definition) is 0. The number of halogens is 3. The van der Waals surface area contributed by atoms with E-state index < -0.39 is 0 Å². The summed E-state index contributed by atoms with van der Waals surface area (Å²) in [5.74, 6) is 0. The van der Waals surface area contributed by atoms with E-state index >= 15 is 0 Å². The second kappa shape index (κ2) is 2.82. The third-order valence-corrected chi connectivity index (χ3v) is 5.39. The van der Waals surface area contributed by atoms with Gasteiger partial charge in [-0.25, -0.2) is 0 Å². The molecule has 0 bridgehead atoms. The molecule has 0 aromatic carbocycles. The van der Waals surface area contributed by atoms with Crippen molar-refractivity contribution in [1.82, 2.24) is 0 Å². The van der Waals surface area contributed by atoms with Gasteiger partial charge in [0.05, 0.1) is 11.9 Å². The van der Waals surface area contributed by atoms with Crippen LogP contribution in [0.3, 0.4) is 0 Å². The Bertz CT molecular complexity index is 288. The molecule has 1 aliphatic carbocycles. The van der Waals surface area contributed by atoms with Crippen molar-refractivity contribution in [3.05, 3.63) is 19.2 Å². The largest absolute Gasteiger partial charge is 0.121 e. The van der Waals surface area contributed by atoms with Gasteiger partial charge in [-0.3, -0.25) is 0 Å². The molecule has 1 aliphatic rings. The van der Waals surface area contributed by atoms with Crippen molar-refractivity contribution < 1.29 is 0 Å². The van der Waals surface area contributed by atoms with Gasteiger partial charge in [-0.15, -0.1) is 11.3 Å². The summed E-state index contributed by atoms with van der Waals surface area (Å²) in [6.07, 6.45) is 2.52. The molecular weight excluding hydrogens is 356 g/mol. The summed E-state index contributed by atoms with van der Waals surface area (Å²) in [5.41, 5.74) is 1.40. The molecule has 0 aliphatic heterocycles. The molecule has 1 fully saturated rings. The summed E-state index contributed by atoms with van der Waals surface area (Å²) in [7, 11) is 0. The lowest BCUT2D eigenvalue weighted by Crippen LogP contribution is -1.91. The van der Waals surface area contributed by atoms with Gasteiger partial charge >= 0.3 is 0 Å². The molecule has 2 rings (SSSR count). The maximum atomic E-state index is 3.72. The molecule has 0 unspecified atom stereocenters. The van der Waals surface area contributed by atoms with E-state index in [1.807, 2.05) is 0 Å². The molecule has 0 saturated heterocycles. The molecule has 0 nitrogen and oxygen atoms in total. The van der Waals surface area contributed by atoms with Crippen LogP contribution in [0.5, 0.6) is 0 Å². The lowest BCUT2D eigenvalue weighted by Gasteiger charge is -2.02. The second-order valence-corrected chi connectivity index (χ2v) is 7.97. The first-order chi connectivity index (χ1) is 5.12. The van der Waals surface area contributed by atoms with E-state index in [0.29, 0.717) is 4.32 Å². The summed E-state index contributed by atoms with van der Waals surface area (Å²) in [4.78, 5) is 0. The van der Waals surface area contributed by atoms with Gasteiger partial charge in [-0.05, 0) is 56.3 Å². The molecule has 1 aromatic rings. The van der Waals surface area contributed by atoms with Gasteiger partial charge in [0.25, 0.3) is 0 Å². The van der Waals surface area contributed by atoms with Gasteiger partial charge in [0, 0.05) is 0 Å². The zero-order valence-corrected chi connectivity index (χ0v) is 11.1. The van der Waals surface area contributed by atoms with Crippen molar-refractivity contribution in [2.24, 2.45) is 0 Å². The lowest BCUT2D eigenvalue weighted by molar-refractivity contribution is 1.06. The normalized spacial score (nSPS) is 20.3. The minimum atomic E-state index is 0.300. The van der Waals surface area contributed by atoms with Crippen LogP contribution in [0.1, 0.15) is 18.4 Å². The van der Waals surface area contributed by atoms with E-state index in [9.17, 15) is 0 Å². The van der Waals surface area contributed by atoms with Crippen LogP contribution < -0.4 is 0 Å². The van der Waals surface area contributed by atoms with Gasteiger partial charge in [-0.1, -0.05) is 15.9 Å². The minimum absolute atomic E-state index is 0.300. The average Bonchev–Trinajstić information content (AvgIpc) is 2.55. The van der Waals surface area contributed by atoms with E-state index in [1.54, 1.807) is 11.3 Å². The third-order valence-electron chi connectivity index (χ3n) is 1.83. The second-order valence-electron chi connectivity index (χ2n) is 2.70. The van der Waals surface area contributed by atoms with E-state index in [2.05, 4.69) is 53.9 Å². The van der Waals surface area contributed by atoms with Gasteiger partial charge < -0.3 is 0 Å². The first kappa shape index (κ1) is 8.73.